The molecule has 2 atom stereocenters. The molecule has 0 aliphatic heterocycles. The smallest absolute Gasteiger partial charge is 0.305 e. The Morgan fingerprint density at radius 2 is 0.833 bits per heavy atom. The average molecular weight is 847 g/mol. The average Bonchev–Trinajstić information content (AvgIpc) is 3.23. The maximum atomic E-state index is 12.3. The molecule has 0 amide bonds. The van der Waals surface area contributed by atoms with Gasteiger partial charge in [-0.05, 0) is 130 Å². The van der Waals surface area contributed by atoms with E-state index in [2.05, 4.69) is 69.1 Å². The van der Waals surface area contributed by atoms with Crippen LogP contribution in [0.15, 0.2) is 24.3 Å². The van der Waals surface area contributed by atoms with E-state index >= 15 is 0 Å². The Balaban J connectivity index is 4.03. The standard InChI is InChI=1S/C53H102N2O5/c1-6-8-10-12-14-16-18-20-22-24-26-28-30-32-36-43-52(57)59-47-39-34-35-42-51(56)50(49-55(5)46-45-54(3)4)41-38-40-48-60-53(58)44-37-33-31-29-27-25-23-21-19-17-15-13-11-9-7-2/h20-23,50-51,56H,6-19,24-49H2,1-5H3/b22-20-,23-21-. The lowest BCUT2D eigenvalue weighted by atomic mass is 9.91. The number of carbonyl (C=O) groups excluding carboxylic acids is 2. The van der Waals surface area contributed by atoms with Crippen LogP contribution in [0.1, 0.15) is 239 Å². The van der Waals surface area contributed by atoms with Gasteiger partial charge in [0.15, 0.2) is 0 Å². The molecule has 0 aromatic rings. The Morgan fingerprint density at radius 3 is 1.27 bits per heavy atom. The second-order valence-corrected chi connectivity index (χ2v) is 18.3. The van der Waals surface area contributed by atoms with Gasteiger partial charge in [-0.25, -0.2) is 0 Å². The van der Waals surface area contributed by atoms with E-state index < -0.39 is 0 Å². The number of hydrogen-bond donors (Lipinski definition) is 1. The number of nitrogens with zero attached hydrogens (tertiary/aromatic N) is 2. The number of likely N-dealkylation sites (N-methyl/N-ethyl adjacent to an activating group) is 2. The third-order valence-corrected chi connectivity index (χ3v) is 11.9. The lowest BCUT2D eigenvalue weighted by molar-refractivity contribution is -0.144. The molecule has 7 nitrogen and oxygen atoms in total. The van der Waals surface area contributed by atoms with Crippen molar-refractivity contribution < 1.29 is 24.2 Å². The van der Waals surface area contributed by atoms with Gasteiger partial charge < -0.3 is 24.4 Å². The predicted molar refractivity (Wildman–Crippen MR) is 259 cm³/mol. The van der Waals surface area contributed by atoms with Crippen LogP contribution in [0.25, 0.3) is 0 Å². The molecule has 0 heterocycles. The van der Waals surface area contributed by atoms with E-state index in [9.17, 15) is 14.7 Å². The van der Waals surface area contributed by atoms with E-state index in [0.29, 0.717) is 26.1 Å². The third kappa shape index (κ3) is 44.4. The normalized spacial score (nSPS) is 13.0. The SMILES string of the molecule is CCCCCCCC/C=C\CCCCCCCC(=O)OCCCCCC(O)C(CCCCOC(=O)CCCCCCC/C=C\CCCCCCCC)CN(C)CCN(C)C. The zero-order valence-electron chi connectivity index (χ0n) is 40.7. The second kappa shape index (κ2) is 46.8. The quantitative estimate of drug-likeness (QED) is 0.0371. The van der Waals surface area contributed by atoms with E-state index in [1.54, 1.807) is 0 Å². The first-order valence-electron chi connectivity index (χ1n) is 25.9. The summed E-state index contributed by atoms with van der Waals surface area (Å²) in [5, 5.41) is 11.2. The number of esters is 2. The number of unbranched alkanes of at least 4 members (excludes halogenated alkanes) is 25. The summed E-state index contributed by atoms with van der Waals surface area (Å²) in [6, 6.07) is 0. The van der Waals surface area contributed by atoms with Crippen molar-refractivity contribution in [3.63, 3.8) is 0 Å². The van der Waals surface area contributed by atoms with Crippen molar-refractivity contribution in [3.05, 3.63) is 24.3 Å². The number of rotatable bonds is 47. The Labute approximate surface area is 373 Å². The second-order valence-electron chi connectivity index (χ2n) is 18.3. The van der Waals surface area contributed by atoms with Crippen LogP contribution in [0.2, 0.25) is 0 Å². The highest BCUT2D eigenvalue weighted by Gasteiger charge is 2.21. The first kappa shape index (κ1) is 58.3. The van der Waals surface area contributed by atoms with E-state index in [-0.39, 0.29) is 24.0 Å². The maximum absolute atomic E-state index is 12.3. The molecule has 7 heteroatoms. The summed E-state index contributed by atoms with van der Waals surface area (Å²) in [7, 11) is 6.33. The molecular weight excluding hydrogens is 745 g/mol. The zero-order chi connectivity index (χ0) is 44.0. The molecule has 1 N–H and O–H groups in total. The van der Waals surface area contributed by atoms with Crippen LogP contribution in [-0.2, 0) is 19.1 Å². The lowest BCUT2D eigenvalue weighted by Gasteiger charge is -2.29. The molecule has 0 bridgehead atoms. The fourth-order valence-corrected chi connectivity index (χ4v) is 7.84. The summed E-state index contributed by atoms with van der Waals surface area (Å²) in [6.45, 7) is 8.30. The summed E-state index contributed by atoms with van der Waals surface area (Å²) in [5.74, 6) is 0.0523. The van der Waals surface area contributed by atoms with Crippen LogP contribution in [0, 0.1) is 5.92 Å². The monoisotopic (exact) mass is 847 g/mol. The molecular formula is C53H102N2O5. The van der Waals surface area contributed by atoms with Gasteiger partial charge in [0.05, 0.1) is 19.3 Å². The molecule has 0 saturated heterocycles. The van der Waals surface area contributed by atoms with Crippen LogP contribution >= 0.6 is 0 Å². The van der Waals surface area contributed by atoms with E-state index in [1.165, 1.54) is 141 Å². The number of ether oxygens (including phenoxy) is 2. The Kier molecular flexibility index (Phi) is 45.5. The molecule has 60 heavy (non-hydrogen) atoms. The highest BCUT2D eigenvalue weighted by Crippen LogP contribution is 2.20. The molecule has 0 aliphatic rings. The molecule has 0 rings (SSSR count). The van der Waals surface area contributed by atoms with Crippen molar-refractivity contribution in [3.8, 4) is 0 Å². The number of aliphatic hydroxyl groups excluding tert-OH is 1. The van der Waals surface area contributed by atoms with E-state index in [1.807, 2.05) is 0 Å². The van der Waals surface area contributed by atoms with Gasteiger partial charge in [-0.3, -0.25) is 9.59 Å². The van der Waals surface area contributed by atoms with Gasteiger partial charge in [0, 0.05) is 32.5 Å². The van der Waals surface area contributed by atoms with Gasteiger partial charge in [0.1, 0.15) is 0 Å². The third-order valence-electron chi connectivity index (χ3n) is 11.9. The largest absolute Gasteiger partial charge is 0.466 e. The van der Waals surface area contributed by atoms with Crippen molar-refractivity contribution in [2.24, 2.45) is 5.92 Å². The van der Waals surface area contributed by atoms with Crippen molar-refractivity contribution in [1.29, 1.82) is 0 Å². The summed E-state index contributed by atoms with van der Waals surface area (Å²) in [4.78, 5) is 29.1. The minimum Gasteiger partial charge on any atom is -0.466 e. The minimum absolute atomic E-state index is 0.0674. The molecule has 0 aromatic heterocycles. The van der Waals surface area contributed by atoms with Crippen LogP contribution in [0.5, 0.6) is 0 Å². The number of aliphatic hydroxyl groups is 1. The van der Waals surface area contributed by atoms with Crippen molar-refractivity contribution in [1.82, 2.24) is 9.80 Å². The summed E-state index contributed by atoms with van der Waals surface area (Å²) in [6.07, 6.45) is 48.9. The number of allylic oxidation sites excluding steroid dienone is 4. The Bertz CT molecular complexity index is 969. The van der Waals surface area contributed by atoms with Gasteiger partial charge in [-0.15, -0.1) is 0 Å². The van der Waals surface area contributed by atoms with Gasteiger partial charge in [-0.2, -0.15) is 0 Å². The van der Waals surface area contributed by atoms with Crippen molar-refractivity contribution in [2.45, 2.75) is 245 Å². The van der Waals surface area contributed by atoms with Crippen LogP contribution < -0.4 is 0 Å². The maximum Gasteiger partial charge on any atom is 0.305 e. The lowest BCUT2D eigenvalue weighted by Crippen LogP contribution is -2.36. The van der Waals surface area contributed by atoms with Crippen molar-refractivity contribution in [2.75, 3.05) is 54.0 Å². The highest BCUT2D eigenvalue weighted by molar-refractivity contribution is 5.69. The Hall–Kier alpha value is -1.70. The number of hydrogen-bond acceptors (Lipinski definition) is 7. The first-order chi connectivity index (χ1) is 29.3. The first-order valence-corrected chi connectivity index (χ1v) is 25.9. The predicted octanol–water partition coefficient (Wildman–Crippen LogP) is 14.3. The van der Waals surface area contributed by atoms with Crippen LogP contribution in [-0.4, -0.2) is 86.9 Å². The fourth-order valence-electron chi connectivity index (χ4n) is 7.84. The van der Waals surface area contributed by atoms with Gasteiger partial charge in [0.25, 0.3) is 0 Å². The topological polar surface area (TPSA) is 79.3 Å². The molecule has 0 aliphatic carbocycles. The summed E-state index contributed by atoms with van der Waals surface area (Å²) >= 11 is 0. The zero-order valence-corrected chi connectivity index (χ0v) is 40.7. The van der Waals surface area contributed by atoms with Gasteiger partial charge in [0.2, 0.25) is 0 Å². The molecule has 0 spiro atoms. The van der Waals surface area contributed by atoms with Gasteiger partial charge >= 0.3 is 11.9 Å². The van der Waals surface area contributed by atoms with Gasteiger partial charge in [-0.1, -0.05) is 147 Å². The molecule has 354 valence electrons. The van der Waals surface area contributed by atoms with E-state index in [0.717, 1.165) is 90.3 Å². The molecule has 0 aromatic carbocycles. The Morgan fingerprint density at radius 1 is 0.467 bits per heavy atom. The van der Waals surface area contributed by atoms with Crippen LogP contribution in [0.4, 0.5) is 0 Å². The minimum atomic E-state index is -0.362. The molecule has 0 radical (unpaired) electrons. The molecule has 0 fully saturated rings. The number of carbonyl (C=O) groups is 2. The van der Waals surface area contributed by atoms with Crippen molar-refractivity contribution >= 4 is 11.9 Å². The van der Waals surface area contributed by atoms with Crippen LogP contribution in [0.3, 0.4) is 0 Å². The molecule has 2 unspecified atom stereocenters. The van der Waals surface area contributed by atoms with E-state index in [4.69, 9.17) is 9.47 Å². The molecule has 0 saturated carbocycles. The highest BCUT2D eigenvalue weighted by atomic mass is 16.5. The summed E-state index contributed by atoms with van der Waals surface area (Å²) in [5.41, 5.74) is 0. The fraction of sp³-hybridized carbons (Fsp3) is 0.887. The summed E-state index contributed by atoms with van der Waals surface area (Å²) < 4.78 is 11.1.